The maximum Gasteiger partial charge on any atom is 0.0661 e. The Morgan fingerprint density at radius 1 is 1.42 bits per heavy atom. The third-order valence-electron chi connectivity index (χ3n) is 4.29. The van der Waals surface area contributed by atoms with Gasteiger partial charge in [0.15, 0.2) is 0 Å². The average molecular weight is 327 g/mol. The third-order valence-corrected chi connectivity index (χ3v) is 4.95. The predicted molar refractivity (Wildman–Crippen MR) is 84.4 cm³/mol. The van der Waals surface area contributed by atoms with E-state index in [-0.39, 0.29) is 12.1 Å². The summed E-state index contributed by atoms with van der Waals surface area (Å²) in [5.74, 6) is 0.762. The van der Waals surface area contributed by atoms with Crippen molar-refractivity contribution in [2.24, 2.45) is 5.92 Å². The van der Waals surface area contributed by atoms with Crippen molar-refractivity contribution in [1.29, 1.82) is 0 Å². The lowest BCUT2D eigenvalue weighted by Gasteiger charge is -2.40. The molecule has 1 aromatic carbocycles. The first-order valence-corrected chi connectivity index (χ1v) is 7.70. The van der Waals surface area contributed by atoms with Gasteiger partial charge < -0.3 is 16.2 Å². The number of nitrogens with two attached hydrogens (primary N) is 1. The molecule has 4 N–H and O–H groups in total. The molecule has 19 heavy (non-hydrogen) atoms. The van der Waals surface area contributed by atoms with Gasteiger partial charge in [-0.1, -0.05) is 6.92 Å². The summed E-state index contributed by atoms with van der Waals surface area (Å²) in [6, 6.07) is 3.98. The normalized spacial score (nSPS) is 27.3. The molecule has 1 fully saturated rings. The molecule has 1 aliphatic rings. The summed E-state index contributed by atoms with van der Waals surface area (Å²) in [6.07, 6.45) is 4.36. The number of benzene rings is 1. The van der Waals surface area contributed by atoms with Crippen molar-refractivity contribution in [3.8, 4) is 0 Å². The van der Waals surface area contributed by atoms with Crippen LogP contribution in [0.5, 0.6) is 0 Å². The number of nitrogen functional groups attached to an aromatic ring is 1. The first-order chi connectivity index (χ1) is 8.96. The molecule has 106 valence electrons. The Morgan fingerprint density at radius 2 is 2.05 bits per heavy atom. The predicted octanol–water partition coefficient (Wildman–Crippen LogP) is 3.69. The summed E-state index contributed by atoms with van der Waals surface area (Å²) in [4.78, 5) is 0. The second-order valence-electron chi connectivity index (χ2n) is 5.93. The van der Waals surface area contributed by atoms with E-state index in [1.807, 2.05) is 13.0 Å². The Kier molecular flexibility index (Phi) is 4.41. The molecule has 0 saturated heterocycles. The van der Waals surface area contributed by atoms with Gasteiger partial charge >= 0.3 is 0 Å². The van der Waals surface area contributed by atoms with Crippen LogP contribution >= 0.6 is 15.9 Å². The quantitative estimate of drug-likeness (QED) is 0.742. The zero-order valence-electron chi connectivity index (χ0n) is 11.7. The summed E-state index contributed by atoms with van der Waals surface area (Å²) >= 11 is 3.55. The molecule has 0 unspecified atom stereocenters. The monoisotopic (exact) mass is 326 g/mol. The van der Waals surface area contributed by atoms with Gasteiger partial charge in [-0.05, 0) is 72.2 Å². The smallest absolute Gasteiger partial charge is 0.0661 e. The van der Waals surface area contributed by atoms with Crippen LogP contribution in [-0.4, -0.2) is 17.3 Å². The van der Waals surface area contributed by atoms with Gasteiger partial charge in [0, 0.05) is 15.8 Å². The van der Waals surface area contributed by atoms with Gasteiger partial charge in [0.1, 0.15) is 0 Å². The molecule has 0 radical (unpaired) electrons. The first-order valence-electron chi connectivity index (χ1n) is 6.90. The summed E-state index contributed by atoms with van der Waals surface area (Å²) in [6.45, 7) is 4.46. The number of hydrogen-bond donors (Lipinski definition) is 3. The van der Waals surface area contributed by atoms with Crippen molar-refractivity contribution in [2.75, 3.05) is 17.7 Å². The molecule has 3 nitrogen and oxygen atoms in total. The van der Waals surface area contributed by atoms with Crippen molar-refractivity contribution in [1.82, 2.24) is 0 Å². The van der Waals surface area contributed by atoms with Gasteiger partial charge in [-0.2, -0.15) is 0 Å². The SMILES string of the molecule is Cc1cc(NC2(CO)CCC(C)CC2)c(Br)cc1N. The fourth-order valence-corrected chi connectivity index (χ4v) is 3.18. The molecule has 1 saturated carbocycles. The highest BCUT2D eigenvalue weighted by Crippen LogP contribution is 2.37. The highest BCUT2D eigenvalue weighted by molar-refractivity contribution is 9.10. The summed E-state index contributed by atoms with van der Waals surface area (Å²) in [5, 5.41) is 13.3. The molecule has 2 rings (SSSR count). The average Bonchev–Trinajstić information content (AvgIpc) is 2.39. The Hall–Kier alpha value is -0.740. The van der Waals surface area contributed by atoms with Crippen LogP contribution in [0.3, 0.4) is 0 Å². The van der Waals surface area contributed by atoms with E-state index in [4.69, 9.17) is 5.73 Å². The van der Waals surface area contributed by atoms with Crippen molar-refractivity contribution in [3.63, 3.8) is 0 Å². The third kappa shape index (κ3) is 3.23. The standard InChI is InChI=1S/C15H23BrN2O/c1-10-3-5-15(9-19,6-4-10)18-14-7-11(2)13(17)8-12(14)16/h7-8,10,18-19H,3-6,9,17H2,1-2H3. The van der Waals surface area contributed by atoms with Gasteiger partial charge in [-0.3, -0.25) is 0 Å². The van der Waals surface area contributed by atoms with E-state index < -0.39 is 0 Å². The zero-order valence-corrected chi connectivity index (χ0v) is 13.3. The van der Waals surface area contributed by atoms with E-state index in [0.717, 1.165) is 40.2 Å². The molecule has 0 aromatic heterocycles. The highest BCUT2D eigenvalue weighted by atomic mass is 79.9. The number of aryl methyl sites for hydroxylation is 1. The van der Waals surface area contributed by atoms with Gasteiger partial charge in [-0.25, -0.2) is 0 Å². The number of aliphatic hydroxyl groups excluding tert-OH is 1. The van der Waals surface area contributed by atoms with Crippen molar-refractivity contribution < 1.29 is 5.11 Å². The number of anilines is 2. The number of rotatable bonds is 3. The summed E-state index contributed by atoms with van der Waals surface area (Å²) < 4.78 is 0.960. The second-order valence-corrected chi connectivity index (χ2v) is 6.79. The topological polar surface area (TPSA) is 58.3 Å². The van der Waals surface area contributed by atoms with E-state index in [1.165, 1.54) is 12.8 Å². The molecule has 0 amide bonds. The van der Waals surface area contributed by atoms with Crippen LogP contribution in [-0.2, 0) is 0 Å². The molecule has 1 aliphatic carbocycles. The molecule has 4 heteroatoms. The van der Waals surface area contributed by atoms with Crippen LogP contribution in [0.25, 0.3) is 0 Å². The van der Waals surface area contributed by atoms with Crippen LogP contribution in [0.15, 0.2) is 16.6 Å². The summed E-state index contributed by atoms with van der Waals surface area (Å²) in [5.41, 5.74) is 8.58. The van der Waals surface area contributed by atoms with E-state index in [2.05, 4.69) is 34.2 Å². The minimum absolute atomic E-state index is 0.176. The largest absolute Gasteiger partial charge is 0.398 e. The fourth-order valence-electron chi connectivity index (χ4n) is 2.72. The molecule has 0 aliphatic heterocycles. The molecule has 0 bridgehead atoms. The van der Waals surface area contributed by atoms with E-state index >= 15 is 0 Å². The lowest BCUT2D eigenvalue weighted by molar-refractivity contribution is 0.155. The van der Waals surface area contributed by atoms with E-state index in [9.17, 15) is 5.11 Å². The van der Waals surface area contributed by atoms with Crippen LogP contribution in [0.4, 0.5) is 11.4 Å². The molecule has 1 aromatic rings. The highest BCUT2D eigenvalue weighted by Gasteiger charge is 2.33. The zero-order chi connectivity index (χ0) is 14.0. The van der Waals surface area contributed by atoms with Crippen molar-refractivity contribution in [3.05, 3.63) is 22.2 Å². The Balaban J connectivity index is 2.21. The Morgan fingerprint density at radius 3 is 2.63 bits per heavy atom. The van der Waals surface area contributed by atoms with Gasteiger partial charge in [-0.15, -0.1) is 0 Å². The van der Waals surface area contributed by atoms with Gasteiger partial charge in [0.25, 0.3) is 0 Å². The van der Waals surface area contributed by atoms with E-state index in [1.54, 1.807) is 0 Å². The van der Waals surface area contributed by atoms with Gasteiger partial charge in [0.05, 0.1) is 12.1 Å². The molecule has 0 heterocycles. The van der Waals surface area contributed by atoms with Crippen molar-refractivity contribution >= 4 is 27.3 Å². The number of aliphatic hydroxyl groups is 1. The maximum atomic E-state index is 9.80. The minimum Gasteiger partial charge on any atom is -0.398 e. The van der Waals surface area contributed by atoms with Gasteiger partial charge in [0.2, 0.25) is 0 Å². The van der Waals surface area contributed by atoms with Crippen LogP contribution in [0.1, 0.15) is 38.2 Å². The van der Waals surface area contributed by atoms with Crippen LogP contribution in [0.2, 0.25) is 0 Å². The first kappa shape index (κ1) is 14.7. The van der Waals surface area contributed by atoms with Crippen LogP contribution in [0, 0.1) is 12.8 Å². The molecule has 0 spiro atoms. The summed E-state index contributed by atoms with van der Waals surface area (Å²) in [7, 11) is 0. The minimum atomic E-state index is -0.183. The Labute approximate surface area is 123 Å². The number of hydrogen-bond acceptors (Lipinski definition) is 3. The molecule has 0 atom stereocenters. The lowest BCUT2D eigenvalue weighted by Crippen LogP contribution is -2.45. The fraction of sp³-hybridized carbons (Fsp3) is 0.600. The van der Waals surface area contributed by atoms with E-state index in [0.29, 0.717) is 0 Å². The molecular weight excluding hydrogens is 304 g/mol. The number of halogens is 1. The van der Waals surface area contributed by atoms with Crippen molar-refractivity contribution in [2.45, 2.75) is 45.1 Å². The lowest BCUT2D eigenvalue weighted by atomic mass is 9.77. The Bertz CT molecular complexity index is 454. The maximum absolute atomic E-state index is 9.80. The van der Waals surface area contributed by atoms with Crippen LogP contribution < -0.4 is 11.1 Å². The molecular formula is C15H23BrN2O. The number of nitrogens with one attached hydrogen (secondary N) is 1. The second kappa shape index (κ2) is 5.71.